The molecule has 0 spiro atoms. The number of aliphatic imine (C=N–C) groups is 1. The van der Waals surface area contributed by atoms with Gasteiger partial charge in [0.1, 0.15) is 30.0 Å². The quantitative estimate of drug-likeness (QED) is 0.143. The number of hydrogen-bond acceptors (Lipinski definition) is 19. The van der Waals surface area contributed by atoms with Crippen LogP contribution in [0, 0.1) is 81.6 Å². The minimum absolute atomic E-state index is 0.0561. The van der Waals surface area contributed by atoms with Crippen LogP contribution in [-0.2, 0) is 60.2 Å². The summed E-state index contributed by atoms with van der Waals surface area (Å²) in [6.07, 6.45) is 20.9. The Hall–Kier alpha value is -8.65. The molecule has 1 aliphatic heterocycles. The third kappa shape index (κ3) is 38.2. The average Bonchev–Trinajstić information content (AvgIpc) is 1.86. The van der Waals surface area contributed by atoms with Crippen molar-refractivity contribution in [1.82, 2.24) is 104 Å². The molecule has 0 bridgehead atoms. The Morgan fingerprint density at radius 3 is 1.19 bits per heavy atom. The molecule has 0 amide bonds. The van der Waals surface area contributed by atoms with E-state index in [0.29, 0.717) is 5.41 Å². The number of nitrogens with one attached hydrogen (secondary N) is 2. The summed E-state index contributed by atoms with van der Waals surface area (Å²) in [4.78, 5) is 26.2. The lowest BCUT2D eigenvalue weighted by Gasteiger charge is -2.22. The fraction of sp³-hybridized carbons (Fsp3) is 0.649. The van der Waals surface area contributed by atoms with Crippen LogP contribution < -0.4 is 0 Å². The van der Waals surface area contributed by atoms with E-state index in [1.54, 1.807) is 41.7 Å². The fourth-order valence-electron chi connectivity index (χ4n) is 12.7. The van der Waals surface area contributed by atoms with E-state index in [0.717, 1.165) is 57.9 Å². The molecule has 24 nitrogen and oxygen atoms in total. The van der Waals surface area contributed by atoms with Gasteiger partial charge in [-0.1, -0.05) is 156 Å². The van der Waals surface area contributed by atoms with Gasteiger partial charge in [0.15, 0.2) is 6.39 Å². The maximum absolute atomic E-state index is 5.08. The summed E-state index contributed by atoms with van der Waals surface area (Å²) >= 11 is 3.26. The maximum Gasteiger partial charge on any atom is 0.181 e. The van der Waals surface area contributed by atoms with Crippen molar-refractivity contribution >= 4 is 29.1 Å². The van der Waals surface area contributed by atoms with Gasteiger partial charge < -0.3 is 18.1 Å². The number of hydrogen-bond donors (Lipinski definition) is 2. The number of H-pyrrole nitrogens is 2. The van der Waals surface area contributed by atoms with Crippen LogP contribution in [0.2, 0.25) is 0 Å². The molecule has 0 unspecified atom stereocenters. The molecule has 0 atom stereocenters. The smallest absolute Gasteiger partial charge is 0.181 e. The van der Waals surface area contributed by atoms with Gasteiger partial charge in [-0.25, -0.2) is 34.3 Å². The number of allylic oxidation sites excluding steroid dienone is 2. The molecular weight excluding hydrogens is 1530 g/mol. The molecule has 11 aromatic heterocycles. The molecule has 120 heavy (non-hydrogen) atoms. The fourth-order valence-corrected chi connectivity index (χ4v) is 14.3. The first-order chi connectivity index (χ1) is 54.2. The Labute approximate surface area is 733 Å². The monoisotopic (exact) mass is 1700 g/mol. The third-order valence-corrected chi connectivity index (χ3v) is 19.5. The van der Waals surface area contributed by atoms with E-state index < -0.39 is 0 Å². The summed E-state index contributed by atoms with van der Waals surface area (Å²) in [6.45, 7) is 102. The molecule has 0 aromatic carbocycles. The van der Waals surface area contributed by atoms with E-state index in [-0.39, 0.29) is 60.2 Å². The summed E-state index contributed by atoms with van der Waals surface area (Å²) in [5.74, 6) is 2.97. The van der Waals surface area contributed by atoms with Crippen molar-refractivity contribution in [3.05, 3.63) is 187 Å². The Bertz CT molecular complexity index is 3800. The predicted molar refractivity (Wildman–Crippen MR) is 503 cm³/mol. The van der Waals surface area contributed by atoms with E-state index in [1.807, 2.05) is 111 Å². The molecule has 0 saturated carbocycles. The highest BCUT2D eigenvalue weighted by Gasteiger charge is 2.26. The summed E-state index contributed by atoms with van der Waals surface area (Å²) in [7, 11) is 0. The molecule has 26 heteroatoms. The van der Waals surface area contributed by atoms with Crippen LogP contribution in [0.3, 0.4) is 0 Å². The van der Waals surface area contributed by atoms with Gasteiger partial charge in [0.2, 0.25) is 0 Å². The van der Waals surface area contributed by atoms with Crippen molar-refractivity contribution in [2.24, 2.45) is 10.4 Å². The molecule has 1 aliphatic rings. The van der Waals surface area contributed by atoms with Crippen molar-refractivity contribution in [2.45, 2.75) is 399 Å². The normalized spacial score (nSPS) is 12.6. The number of aryl methyl sites for hydroxylation is 11. The Balaban J connectivity index is 0.000000655. The lowest BCUT2D eigenvalue weighted by molar-refractivity contribution is 0.339. The molecular formula is C94H162N22O2S2. The zero-order valence-corrected chi connectivity index (χ0v) is 85.5. The van der Waals surface area contributed by atoms with E-state index in [9.17, 15) is 0 Å². The Morgan fingerprint density at radius 2 is 0.992 bits per heavy atom. The number of aromatic amines is 2. The molecule has 672 valence electrons. The van der Waals surface area contributed by atoms with Gasteiger partial charge in [0, 0.05) is 120 Å². The summed E-state index contributed by atoms with van der Waals surface area (Å²) in [5.41, 5.74) is 21.5. The zero-order valence-electron chi connectivity index (χ0n) is 83.9. The van der Waals surface area contributed by atoms with Crippen LogP contribution in [0.4, 0.5) is 0 Å². The van der Waals surface area contributed by atoms with Crippen molar-refractivity contribution < 1.29 is 8.94 Å². The second-order valence-electron chi connectivity index (χ2n) is 42.7. The van der Waals surface area contributed by atoms with Gasteiger partial charge >= 0.3 is 0 Å². The highest BCUT2D eigenvalue weighted by molar-refractivity contribution is 7.09. The lowest BCUT2D eigenvalue weighted by Crippen LogP contribution is -2.24. The van der Waals surface area contributed by atoms with Crippen LogP contribution in [0.1, 0.15) is 359 Å². The number of aromatic nitrogens is 21. The van der Waals surface area contributed by atoms with Crippen LogP contribution >= 0.6 is 22.9 Å². The molecule has 0 aliphatic carbocycles. The van der Waals surface area contributed by atoms with E-state index >= 15 is 0 Å². The number of oxazole rings is 1. The van der Waals surface area contributed by atoms with E-state index in [2.05, 4.69) is 391 Å². The second kappa shape index (κ2) is 44.9. The molecule has 11 aromatic rings. The highest BCUT2D eigenvalue weighted by Crippen LogP contribution is 2.34. The maximum atomic E-state index is 5.08. The van der Waals surface area contributed by atoms with Gasteiger partial charge in [-0.05, 0) is 227 Å². The van der Waals surface area contributed by atoms with Crippen molar-refractivity contribution in [3.63, 3.8) is 0 Å². The summed E-state index contributed by atoms with van der Waals surface area (Å²) in [5, 5.41) is 39.6. The topological polar surface area (TPSA) is 275 Å². The van der Waals surface area contributed by atoms with Gasteiger partial charge in [-0.2, -0.15) is 35.1 Å². The van der Waals surface area contributed by atoms with Gasteiger partial charge in [0.25, 0.3) is 0 Å². The van der Waals surface area contributed by atoms with E-state index in [4.69, 9.17) is 8.94 Å². The standard InChI is InChI=1S/C9H15N.4C8H14N2.2C8H13NO.2C8H13NS.3C7H13N3/c1-7-8(5-6-10-7)9(2,3)4;1-7-5-9-6-10(7)8(2,3)4;1-7-9-5-6-10(7)8(2,3)4;1-7-5-6-9-10(7)8(2,3)4;1-6-5-9-10-7(6)8(2,3)4;1-6-7(8(2,3)4)9-5-10-6;1-6-5-10-9-7(6)8(2,3)4;1-6-7(8(2,3)4)9-5-10-6;1-6-5-10-9-7(6)8(2,3)4;1-6-8-5-9-10(6)7(2,3)4;1-6-5-8-9-10(6)7(2,3)4;1-5-6(7(2,3)4)9-10-8-5/h6H,5H2,1-4H3;3*5-6H,1-4H3;5H,1-4H3,(H,9,10);6*5H,1-4H3;1-4H3,(H,8,9,10). The number of imidazole rings is 2. The SMILES string of the molecule is CC1=C(C(C)(C)C)CC=N1.Cc1ccnn1C(C)(C)C.Cc1cn[nH]c1C(C)(C)C.Cc1cncn1C(C)(C)C.Cc1cnnn1C(C)(C)C.Cc1conc1C(C)(C)C.Cc1csnc1C(C)(C)C.Cc1n[nH]nc1C(C)(C)C.Cc1nccn1C(C)(C)C.Cc1ncnn1C(C)(C)C.Cc1ocnc1C(C)(C)C.Cc1scnc1C(C)(C)C. The Kier molecular flexibility index (Phi) is 41.0. The first-order valence-corrected chi connectivity index (χ1v) is 43.4. The first kappa shape index (κ1) is 109. The lowest BCUT2D eigenvalue weighted by atomic mass is 9.84. The Morgan fingerprint density at radius 1 is 0.450 bits per heavy atom. The molecule has 0 radical (unpaired) electrons. The molecule has 0 fully saturated rings. The van der Waals surface area contributed by atoms with Gasteiger partial charge in [0.05, 0.1) is 80.7 Å². The number of nitrogens with zero attached hydrogens (tertiary/aromatic N) is 20. The predicted octanol–water partition coefficient (Wildman–Crippen LogP) is 24.8. The third-order valence-electron chi connectivity index (χ3n) is 18.0. The minimum atomic E-state index is 0.0561. The van der Waals surface area contributed by atoms with E-state index in [1.165, 1.54) is 62.1 Å². The molecule has 2 N–H and O–H groups in total. The average molecular weight is 1700 g/mol. The highest BCUT2D eigenvalue weighted by atomic mass is 32.1. The van der Waals surface area contributed by atoms with Gasteiger partial charge in [-0.15, -0.1) is 16.4 Å². The van der Waals surface area contributed by atoms with Crippen LogP contribution in [0.25, 0.3) is 0 Å². The molecule has 0 saturated heterocycles. The number of rotatable bonds is 0. The van der Waals surface area contributed by atoms with Crippen molar-refractivity contribution in [3.8, 4) is 0 Å². The van der Waals surface area contributed by atoms with Crippen molar-refractivity contribution in [2.75, 3.05) is 0 Å². The van der Waals surface area contributed by atoms with Crippen molar-refractivity contribution in [1.29, 1.82) is 0 Å². The molecule has 12 rings (SSSR count). The van der Waals surface area contributed by atoms with Gasteiger partial charge in [-0.3, -0.25) is 14.8 Å². The summed E-state index contributed by atoms with van der Waals surface area (Å²) in [6, 6.07) is 2.02. The largest absolute Gasteiger partial charge is 0.448 e. The minimum Gasteiger partial charge on any atom is -0.448 e. The zero-order chi connectivity index (χ0) is 93.3. The van der Waals surface area contributed by atoms with Crippen LogP contribution in [0.15, 0.2) is 105 Å². The summed E-state index contributed by atoms with van der Waals surface area (Å²) < 4.78 is 24.4. The van der Waals surface area contributed by atoms with Crippen LogP contribution in [-0.4, -0.2) is 110 Å². The van der Waals surface area contributed by atoms with Crippen LogP contribution in [0.5, 0.6) is 0 Å². The second-order valence-corrected chi connectivity index (χ2v) is 44.4. The molecule has 12 heterocycles. The first-order valence-electron chi connectivity index (χ1n) is 41.7. The number of thiazole rings is 1.